The predicted octanol–water partition coefficient (Wildman–Crippen LogP) is 2.04. The molecular weight excluding hydrogens is 222 g/mol. The zero-order chi connectivity index (χ0) is 12.4. The summed E-state index contributed by atoms with van der Waals surface area (Å²) in [5.41, 5.74) is 0.930. The van der Waals surface area contributed by atoms with Crippen molar-refractivity contribution in [1.29, 1.82) is 0 Å². The predicted molar refractivity (Wildman–Crippen MR) is 61.2 cm³/mol. The summed E-state index contributed by atoms with van der Waals surface area (Å²) in [4.78, 5) is 25.5. The smallest absolute Gasteiger partial charge is 0.338 e. The largest absolute Gasteiger partial charge is 0.478 e. The molecule has 0 aliphatic rings. The standard InChI is InChI=1S/C12H11NO4/c1-2-17-12(16)9-5-7(11(14)15)6-10-8(9)3-4-13-10/h3-6,13H,2H2,1H3,(H,14,15). The fraction of sp³-hybridized carbons (Fsp3) is 0.167. The lowest BCUT2D eigenvalue weighted by Gasteiger charge is -2.05. The summed E-state index contributed by atoms with van der Waals surface area (Å²) in [7, 11) is 0. The van der Waals surface area contributed by atoms with Crippen LogP contribution in [0.1, 0.15) is 27.6 Å². The Bertz CT molecular complexity index is 585. The van der Waals surface area contributed by atoms with E-state index in [1.807, 2.05) is 0 Å². The van der Waals surface area contributed by atoms with Crippen LogP contribution in [0.2, 0.25) is 0 Å². The van der Waals surface area contributed by atoms with Crippen LogP contribution in [0.25, 0.3) is 10.9 Å². The van der Waals surface area contributed by atoms with Gasteiger partial charge < -0.3 is 14.8 Å². The Morgan fingerprint density at radius 3 is 2.82 bits per heavy atom. The van der Waals surface area contributed by atoms with Crippen molar-refractivity contribution in [1.82, 2.24) is 4.98 Å². The number of carbonyl (C=O) groups is 2. The van der Waals surface area contributed by atoms with E-state index in [0.29, 0.717) is 10.9 Å². The summed E-state index contributed by atoms with van der Waals surface area (Å²) in [6.07, 6.45) is 1.65. The van der Waals surface area contributed by atoms with Crippen LogP contribution in [0, 0.1) is 0 Å². The first-order chi connectivity index (χ1) is 8.13. The summed E-state index contributed by atoms with van der Waals surface area (Å²) >= 11 is 0. The van der Waals surface area contributed by atoms with E-state index in [0.717, 1.165) is 0 Å². The second kappa shape index (κ2) is 4.29. The molecule has 0 atom stereocenters. The van der Waals surface area contributed by atoms with Crippen LogP contribution >= 0.6 is 0 Å². The topological polar surface area (TPSA) is 79.4 Å². The zero-order valence-electron chi connectivity index (χ0n) is 9.19. The minimum atomic E-state index is -1.08. The highest BCUT2D eigenvalue weighted by Crippen LogP contribution is 2.21. The summed E-state index contributed by atoms with van der Waals surface area (Å²) in [6.45, 7) is 1.95. The van der Waals surface area contributed by atoms with Gasteiger partial charge in [-0.1, -0.05) is 0 Å². The van der Waals surface area contributed by atoms with Gasteiger partial charge in [0.15, 0.2) is 0 Å². The van der Waals surface area contributed by atoms with Crippen LogP contribution < -0.4 is 0 Å². The highest BCUT2D eigenvalue weighted by molar-refractivity contribution is 6.07. The van der Waals surface area contributed by atoms with Gasteiger partial charge in [0.25, 0.3) is 0 Å². The van der Waals surface area contributed by atoms with Gasteiger partial charge >= 0.3 is 11.9 Å². The van der Waals surface area contributed by atoms with E-state index in [2.05, 4.69) is 4.98 Å². The quantitative estimate of drug-likeness (QED) is 0.795. The minimum absolute atomic E-state index is 0.0583. The van der Waals surface area contributed by atoms with E-state index in [4.69, 9.17) is 9.84 Å². The van der Waals surface area contributed by atoms with Gasteiger partial charge in [-0.15, -0.1) is 0 Å². The Hall–Kier alpha value is -2.30. The molecule has 0 fully saturated rings. The SMILES string of the molecule is CCOC(=O)c1cc(C(=O)O)cc2[nH]ccc12. The molecule has 0 unspecified atom stereocenters. The van der Waals surface area contributed by atoms with Crippen molar-refractivity contribution in [2.45, 2.75) is 6.92 Å². The second-order valence-corrected chi connectivity index (χ2v) is 3.49. The molecule has 2 N–H and O–H groups in total. The number of ether oxygens (including phenoxy) is 1. The molecule has 1 aromatic carbocycles. The third-order valence-corrected chi connectivity index (χ3v) is 2.41. The Morgan fingerprint density at radius 1 is 1.41 bits per heavy atom. The molecule has 0 spiro atoms. The number of H-pyrrole nitrogens is 1. The molecule has 0 aliphatic heterocycles. The molecule has 0 aliphatic carbocycles. The molecule has 88 valence electrons. The molecule has 1 aromatic heterocycles. The molecule has 5 heteroatoms. The Morgan fingerprint density at radius 2 is 2.18 bits per heavy atom. The summed E-state index contributed by atoms with van der Waals surface area (Å²) in [5, 5.41) is 9.61. The van der Waals surface area contributed by atoms with Gasteiger partial charge in [-0.2, -0.15) is 0 Å². The molecule has 0 saturated heterocycles. The van der Waals surface area contributed by atoms with Crippen LogP contribution in [0.15, 0.2) is 24.4 Å². The van der Waals surface area contributed by atoms with Crippen molar-refractivity contribution >= 4 is 22.8 Å². The van der Waals surface area contributed by atoms with E-state index in [-0.39, 0.29) is 17.7 Å². The number of aromatic carboxylic acids is 1. The van der Waals surface area contributed by atoms with Crippen molar-refractivity contribution in [2.24, 2.45) is 0 Å². The highest BCUT2D eigenvalue weighted by Gasteiger charge is 2.15. The number of hydrogen-bond acceptors (Lipinski definition) is 3. The molecule has 2 rings (SSSR count). The normalized spacial score (nSPS) is 10.4. The maximum Gasteiger partial charge on any atom is 0.338 e. The van der Waals surface area contributed by atoms with Crippen LogP contribution in [-0.4, -0.2) is 28.6 Å². The molecule has 0 bridgehead atoms. The molecule has 17 heavy (non-hydrogen) atoms. The van der Waals surface area contributed by atoms with E-state index in [9.17, 15) is 9.59 Å². The van der Waals surface area contributed by atoms with Crippen molar-refractivity contribution in [3.8, 4) is 0 Å². The number of aromatic amines is 1. The maximum atomic E-state index is 11.7. The van der Waals surface area contributed by atoms with E-state index < -0.39 is 11.9 Å². The second-order valence-electron chi connectivity index (χ2n) is 3.49. The molecule has 0 radical (unpaired) electrons. The number of hydrogen-bond donors (Lipinski definition) is 2. The fourth-order valence-corrected chi connectivity index (χ4v) is 1.67. The molecule has 5 nitrogen and oxygen atoms in total. The summed E-state index contributed by atoms with van der Waals surface area (Å²) < 4.78 is 4.89. The molecule has 2 aromatic rings. The summed E-state index contributed by atoms with van der Waals surface area (Å²) in [6, 6.07) is 4.53. The number of benzene rings is 1. The Kier molecular flexibility index (Phi) is 2.82. The number of esters is 1. The lowest BCUT2D eigenvalue weighted by molar-refractivity contribution is 0.0528. The maximum absolute atomic E-state index is 11.7. The first-order valence-corrected chi connectivity index (χ1v) is 5.15. The van der Waals surface area contributed by atoms with Crippen LogP contribution in [0.4, 0.5) is 0 Å². The third-order valence-electron chi connectivity index (χ3n) is 2.41. The summed E-state index contributed by atoms with van der Waals surface area (Å²) in [5.74, 6) is -1.59. The van der Waals surface area contributed by atoms with Gasteiger partial charge in [0.1, 0.15) is 0 Å². The van der Waals surface area contributed by atoms with E-state index >= 15 is 0 Å². The average molecular weight is 233 g/mol. The first kappa shape index (κ1) is 11.2. The highest BCUT2D eigenvalue weighted by atomic mass is 16.5. The van der Waals surface area contributed by atoms with Gasteiger partial charge in [-0.3, -0.25) is 0 Å². The van der Waals surface area contributed by atoms with Gasteiger partial charge in [-0.25, -0.2) is 9.59 Å². The number of carboxylic acid groups (broad SMARTS) is 1. The van der Waals surface area contributed by atoms with Gasteiger partial charge in [0.2, 0.25) is 0 Å². The monoisotopic (exact) mass is 233 g/mol. The Balaban J connectivity index is 2.62. The number of nitrogens with one attached hydrogen (secondary N) is 1. The minimum Gasteiger partial charge on any atom is -0.478 e. The molecule has 1 heterocycles. The van der Waals surface area contributed by atoms with Crippen molar-refractivity contribution in [3.05, 3.63) is 35.5 Å². The fourth-order valence-electron chi connectivity index (χ4n) is 1.67. The van der Waals surface area contributed by atoms with Gasteiger partial charge in [0.05, 0.1) is 17.7 Å². The van der Waals surface area contributed by atoms with Crippen LogP contribution in [0.3, 0.4) is 0 Å². The van der Waals surface area contributed by atoms with Crippen LogP contribution in [-0.2, 0) is 4.74 Å². The molecular formula is C12H11NO4. The number of carboxylic acids is 1. The molecule has 0 amide bonds. The van der Waals surface area contributed by atoms with Crippen molar-refractivity contribution < 1.29 is 19.4 Å². The third kappa shape index (κ3) is 1.99. The lowest BCUT2D eigenvalue weighted by Crippen LogP contribution is -2.07. The van der Waals surface area contributed by atoms with E-state index in [1.54, 1.807) is 19.2 Å². The van der Waals surface area contributed by atoms with Gasteiger partial charge in [-0.05, 0) is 25.1 Å². The Labute approximate surface area is 97.0 Å². The van der Waals surface area contributed by atoms with Crippen LogP contribution in [0.5, 0.6) is 0 Å². The van der Waals surface area contributed by atoms with E-state index in [1.165, 1.54) is 12.1 Å². The number of carbonyl (C=O) groups excluding carboxylic acids is 1. The zero-order valence-corrected chi connectivity index (χ0v) is 9.19. The average Bonchev–Trinajstić information content (AvgIpc) is 2.75. The van der Waals surface area contributed by atoms with Gasteiger partial charge in [0, 0.05) is 17.1 Å². The number of fused-ring (bicyclic) bond motifs is 1. The number of rotatable bonds is 3. The molecule has 0 saturated carbocycles. The lowest BCUT2D eigenvalue weighted by atomic mass is 10.1. The van der Waals surface area contributed by atoms with Crippen molar-refractivity contribution in [3.63, 3.8) is 0 Å². The number of aromatic nitrogens is 1. The van der Waals surface area contributed by atoms with Crippen molar-refractivity contribution in [2.75, 3.05) is 6.61 Å². The first-order valence-electron chi connectivity index (χ1n) is 5.15.